The second-order valence-corrected chi connectivity index (χ2v) is 4.48. The Hall–Kier alpha value is -0.570. The lowest BCUT2D eigenvalue weighted by Crippen LogP contribution is -2.41. The molecule has 0 saturated heterocycles. The highest BCUT2D eigenvalue weighted by atomic mass is 16.4. The quantitative estimate of drug-likeness (QED) is 0.676. The number of aliphatic carboxylic acids is 1. The molecule has 1 atom stereocenters. The highest BCUT2D eigenvalue weighted by molar-refractivity contribution is 5.74. The van der Waals surface area contributed by atoms with Gasteiger partial charge in [0.2, 0.25) is 0 Å². The highest BCUT2D eigenvalue weighted by Crippen LogP contribution is 2.25. The SMILES string of the molecule is CCCN(CC)CC(C)(CCC)C(=O)O. The van der Waals surface area contributed by atoms with Crippen molar-refractivity contribution in [1.29, 1.82) is 0 Å². The largest absolute Gasteiger partial charge is 0.481 e. The molecule has 0 aliphatic heterocycles. The maximum atomic E-state index is 11.2. The van der Waals surface area contributed by atoms with Crippen LogP contribution in [0.25, 0.3) is 0 Å². The predicted octanol–water partition coefficient (Wildman–Crippen LogP) is 2.61. The monoisotopic (exact) mass is 215 g/mol. The average molecular weight is 215 g/mol. The molecular formula is C12H25NO2. The molecule has 0 aromatic heterocycles. The minimum absolute atomic E-state index is 0.583. The lowest BCUT2D eigenvalue weighted by molar-refractivity contribution is -0.149. The van der Waals surface area contributed by atoms with Gasteiger partial charge in [0.1, 0.15) is 0 Å². The summed E-state index contributed by atoms with van der Waals surface area (Å²) in [7, 11) is 0. The van der Waals surface area contributed by atoms with E-state index in [9.17, 15) is 9.90 Å². The number of carboxylic acid groups (broad SMARTS) is 1. The van der Waals surface area contributed by atoms with E-state index >= 15 is 0 Å². The average Bonchev–Trinajstić information content (AvgIpc) is 2.17. The standard InChI is InChI=1S/C12H25NO2/c1-5-8-12(4,11(14)15)10-13(7-3)9-6-2/h5-10H2,1-4H3,(H,14,15). The molecule has 0 aromatic carbocycles. The van der Waals surface area contributed by atoms with E-state index in [1.165, 1.54) is 0 Å². The topological polar surface area (TPSA) is 40.5 Å². The lowest BCUT2D eigenvalue weighted by Gasteiger charge is -2.31. The number of carbonyl (C=O) groups is 1. The van der Waals surface area contributed by atoms with Crippen molar-refractivity contribution in [3.8, 4) is 0 Å². The Balaban J connectivity index is 4.43. The summed E-state index contributed by atoms with van der Waals surface area (Å²) >= 11 is 0. The van der Waals surface area contributed by atoms with Crippen LogP contribution in [0.2, 0.25) is 0 Å². The number of carboxylic acids is 1. The molecule has 0 amide bonds. The van der Waals surface area contributed by atoms with Gasteiger partial charge in [0, 0.05) is 6.54 Å². The fourth-order valence-electron chi connectivity index (χ4n) is 1.96. The van der Waals surface area contributed by atoms with Gasteiger partial charge < -0.3 is 10.0 Å². The van der Waals surface area contributed by atoms with Crippen molar-refractivity contribution in [3.05, 3.63) is 0 Å². The minimum Gasteiger partial charge on any atom is -0.481 e. The zero-order valence-corrected chi connectivity index (χ0v) is 10.5. The predicted molar refractivity (Wildman–Crippen MR) is 63.1 cm³/mol. The van der Waals surface area contributed by atoms with Crippen molar-refractivity contribution in [1.82, 2.24) is 4.90 Å². The van der Waals surface area contributed by atoms with Gasteiger partial charge in [0.25, 0.3) is 0 Å². The van der Waals surface area contributed by atoms with Crippen LogP contribution >= 0.6 is 0 Å². The van der Waals surface area contributed by atoms with Crippen LogP contribution in [-0.4, -0.2) is 35.6 Å². The van der Waals surface area contributed by atoms with E-state index in [1.807, 2.05) is 13.8 Å². The summed E-state index contributed by atoms with van der Waals surface area (Å²) in [6.07, 6.45) is 2.75. The summed E-state index contributed by atoms with van der Waals surface area (Å²) in [6, 6.07) is 0. The summed E-state index contributed by atoms with van der Waals surface area (Å²) < 4.78 is 0. The first-order valence-electron chi connectivity index (χ1n) is 5.95. The Morgan fingerprint density at radius 2 is 1.87 bits per heavy atom. The van der Waals surface area contributed by atoms with Crippen LogP contribution < -0.4 is 0 Å². The van der Waals surface area contributed by atoms with Crippen LogP contribution in [0.1, 0.15) is 47.0 Å². The molecule has 0 saturated carbocycles. The molecule has 0 bridgehead atoms. The van der Waals surface area contributed by atoms with E-state index < -0.39 is 11.4 Å². The fourth-order valence-corrected chi connectivity index (χ4v) is 1.96. The molecule has 0 radical (unpaired) electrons. The fraction of sp³-hybridized carbons (Fsp3) is 0.917. The zero-order chi connectivity index (χ0) is 11.9. The molecule has 1 N–H and O–H groups in total. The summed E-state index contributed by atoms with van der Waals surface area (Å²) in [5, 5.41) is 9.25. The van der Waals surface area contributed by atoms with Crippen LogP contribution in [0.3, 0.4) is 0 Å². The van der Waals surface area contributed by atoms with Gasteiger partial charge >= 0.3 is 5.97 Å². The van der Waals surface area contributed by atoms with E-state index in [-0.39, 0.29) is 0 Å². The first kappa shape index (κ1) is 14.4. The molecule has 0 aromatic rings. The van der Waals surface area contributed by atoms with Crippen LogP contribution in [0.15, 0.2) is 0 Å². The van der Waals surface area contributed by atoms with Crippen LogP contribution in [0.4, 0.5) is 0 Å². The van der Waals surface area contributed by atoms with E-state index in [0.29, 0.717) is 6.54 Å². The van der Waals surface area contributed by atoms with Crippen molar-refractivity contribution in [2.75, 3.05) is 19.6 Å². The molecule has 3 nitrogen and oxygen atoms in total. The summed E-state index contributed by atoms with van der Waals surface area (Å²) in [5.74, 6) is -0.668. The molecule has 3 heteroatoms. The van der Waals surface area contributed by atoms with Gasteiger partial charge in [-0.3, -0.25) is 4.79 Å². The maximum Gasteiger partial charge on any atom is 0.310 e. The minimum atomic E-state index is -0.668. The molecule has 0 fully saturated rings. The van der Waals surface area contributed by atoms with Gasteiger partial charge in [-0.15, -0.1) is 0 Å². The lowest BCUT2D eigenvalue weighted by atomic mass is 9.85. The van der Waals surface area contributed by atoms with Crippen molar-refractivity contribution in [2.24, 2.45) is 5.41 Å². The third kappa shape index (κ3) is 4.65. The van der Waals surface area contributed by atoms with Crippen molar-refractivity contribution >= 4 is 5.97 Å². The number of rotatable bonds is 8. The first-order valence-corrected chi connectivity index (χ1v) is 5.95. The van der Waals surface area contributed by atoms with Gasteiger partial charge in [-0.2, -0.15) is 0 Å². The normalized spacial score (nSPS) is 15.3. The van der Waals surface area contributed by atoms with Gasteiger partial charge in [-0.05, 0) is 32.9 Å². The molecule has 0 aliphatic carbocycles. The van der Waals surface area contributed by atoms with Crippen molar-refractivity contribution < 1.29 is 9.90 Å². The van der Waals surface area contributed by atoms with Gasteiger partial charge in [0.05, 0.1) is 5.41 Å². The zero-order valence-electron chi connectivity index (χ0n) is 10.5. The Labute approximate surface area is 93.5 Å². The summed E-state index contributed by atoms with van der Waals surface area (Å²) in [6.45, 7) is 10.7. The Bertz CT molecular complexity index is 194. The second kappa shape index (κ2) is 6.83. The second-order valence-electron chi connectivity index (χ2n) is 4.48. The molecule has 0 heterocycles. The number of hydrogen-bond donors (Lipinski definition) is 1. The Kier molecular flexibility index (Phi) is 6.57. The third-order valence-corrected chi connectivity index (χ3v) is 2.88. The van der Waals surface area contributed by atoms with E-state index in [0.717, 1.165) is 32.4 Å². The molecular weight excluding hydrogens is 190 g/mol. The van der Waals surface area contributed by atoms with Crippen molar-refractivity contribution in [2.45, 2.75) is 47.0 Å². The molecule has 0 spiro atoms. The van der Waals surface area contributed by atoms with Crippen LogP contribution in [-0.2, 0) is 4.79 Å². The van der Waals surface area contributed by atoms with Crippen LogP contribution in [0.5, 0.6) is 0 Å². The number of hydrogen-bond acceptors (Lipinski definition) is 2. The molecule has 0 rings (SSSR count). The Morgan fingerprint density at radius 1 is 1.27 bits per heavy atom. The van der Waals surface area contributed by atoms with Crippen molar-refractivity contribution in [3.63, 3.8) is 0 Å². The smallest absolute Gasteiger partial charge is 0.310 e. The van der Waals surface area contributed by atoms with E-state index in [1.54, 1.807) is 0 Å². The van der Waals surface area contributed by atoms with Crippen LogP contribution in [0, 0.1) is 5.41 Å². The molecule has 90 valence electrons. The molecule has 1 unspecified atom stereocenters. The third-order valence-electron chi connectivity index (χ3n) is 2.88. The maximum absolute atomic E-state index is 11.2. The number of nitrogens with zero attached hydrogens (tertiary/aromatic N) is 1. The highest BCUT2D eigenvalue weighted by Gasteiger charge is 2.33. The molecule has 15 heavy (non-hydrogen) atoms. The van der Waals surface area contributed by atoms with E-state index in [2.05, 4.69) is 18.7 Å². The van der Waals surface area contributed by atoms with E-state index in [4.69, 9.17) is 0 Å². The first-order chi connectivity index (χ1) is 7.00. The molecule has 0 aliphatic rings. The Morgan fingerprint density at radius 3 is 2.20 bits per heavy atom. The summed E-state index contributed by atoms with van der Waals surface area (Å²) in [4.78, 5) is 13.5. The summed E-state index contributed by atoms with van der Waals surface area (Å²) in [5.41, 5.74) is -0.583. The van der Waals surface area contributed by atoms with Gasteiger partial charge in [-0.1, -0.05) is 27.2 Å². The van der Waals surface area contributed by atoms with Gasteiger partial charge in [0.15, 0.2) is 0 Å². The van der Waals surface area contributed by atoms with Gasteiger partial charge in [-0.25, -0.2) is 0 Å².